The Kier molecular flexibility index (Phi) is 4.46. The molecule has 0 amide bonds. The molecular weight excluding hydrogens is 250 g/mol. The van der Waals surface area contributed by atoms with E-state index in [1.54, 1.807) is 7.11 Å². The molecule has 0 aliphatic carbocycles. The number of methoxy groups -OCH3 is 1. The monoisotopic (exact) mass is 269 g/mol. The van der Waals surface area contributed by atoms with Crippen LogP contribution in [-0.2, 0) is 11.2 Å². The van der Waals surface area contributed by atoms with Crippen molar-refractivity contribution in [3.8, 4) is 5.75 Å². The molecule has 1 saturated heterocycles. The number of aromatic nitrogens is 1. The van der Waals surface area contributed by atoms with E-state index in [1.165, 1.54) is 0 Å². The molecule has 0 spiro atoms. The van der Waals surface area contributed by atoms with E-state index in [-0.39, 0.29) is 5.38 Å². The number of nitrogens with zero attached hydrogens (tertiary/aromatic N) is 1. The normalized spacial score (nSPS) is 24.0. The van der Waals surface area contributed by atoms with Crippen molar-refractivity contribution >= 4 is 11.6 Å². The summed E-state index contributed by atoms with van der Waals surface area (Å²) in [6.45, 7) is 5.57. The zero-order valence-corrected chi connectivity index (χ0v) is 12.0. The lowest BCUT2D eigenvalue weighted by Gasteiger charge is -2.27. The molecule has 0 bridgehead atoms. The Morgan fingerprint density at radius 3 is 2.94 bits per heavy atom. The first-order valence-electron chi connectivity index (χ1n) is 6.34. The average Bonchev–Trinajstić information content (AvgIpc) is 2.36. The molecule has 2 atom stereocenters. The molecule has 1 aromatic rings. The van der Waals surface area contributed by atoms with Gasteiger partial charge in [0, 0.05) is 40.9 Å². The van der Waals surface area contributed by atoms with Crippen LogP contribution in [-0.4, -0.2) is 30.7 Å². The minimum Gasteiger partial charge on any atom is -0.496 e. The second-order valence-electron chi connectivity index (χ2n) is 4.89. The van der Waals surface area contributed by atoms with Gasteiger partial charge in [-0.15, -0.1) is 11.6 Å². The Morgan fingerprint density at radius 2 is 2.28 bits per heavy atom. The number of halogens is 1. The molecule has 3 nitrogen and oxygen atoms in total. The molecule has 1 aromatic heterocycles. The highest BCUT2D eigenvalue weighted by molar-refractivity contribution is 6.20. The van der Waals surface area contributed by atoms with Crippen LogP contribution in [0.25, 0.3) is 0 Å². The van der Waals surface area contributed by atoms with Crippen molar-refractivity contribution in [2.75, 3.05) is 20.3 Å². The van der Waals surface area contributed by atoms with E-state index in [1.807, 2.05) is 13.1 Å². The van der Waals surface area contributed by atoms with Crippen LogP contribution in [0.1, 0.15) is 23.2 Å². The summed E-state index contributed by atoms with van der Waals surface area (Å²) < 4.78 is 10.9. The molecule has 4 heteroatoms. The van der Waals surface area contributed by atoms with Gasteiger partial charge in [0.25, 0.3) is 0 Å². The van der Waals surface area contributed by atoms with E-state index in [0.29, 0.717) is 5.92 Å². The van der Waals surface area contributed by atoms with Gasteiger partial charge in [0.2, 0.25) is 0 Å². The lowest BCUT2D eigenvalue weighted by molar-refractivity contribution is 0.0574. The highest BCUT2D eigenvalue weighted by Crippen LogP contribution is 2.29. The van der Waals surface area contributed by atoms with Crippen molar-refractivity contribution in [3.63, 3.8) is 0 Å². The first-order chi connectivity index (χ1) is 8.63. The van der Waals surface area contributed by atoms with Crippen molar-refractivity contribution in [2.24, 2.45) is 5.92 Å². The van der Waals surface area contributed by atoms with Gasteiger partial charge < -0.3 is 9.47 Å². The van der Waals surface area contributed by atoms with Crippen LogP contribution in [0.2, 0.25) is 0 Å². The standard InChI is InChI=1S/C14H20ClNO2/c1-9-7-16-13(10(2)14(9)17-3)6-11-8-18-5-4-12(11)15/h7,11-12H,4-6,8H2,1-3H3. The van der Waals surface area contributed by atoms with Gasteiger partial charge in [-0.25, -0.2) is 0 Å². The van der Waals surface area contributed by atoms with Crippen LogP contribution in [0, 0.1) is 19.8 Å². The number of aryl methyl sites for hydroxylation is 1. The van der Waals surface area contributed by atoms with Crippen LogP contribution in [0.5, 0.6) is 5.75 Å². The Bertz CT molecular complexity index is 423. The Hall–Kier alpha value is -0.800. The second-order valence-corrected chi connectivity index (χ2v) is 5.45. The van der Waals surface area contributed by atoms with E-state index in [2.05, 4.69) is 11.9 Å². The molecule has 0 radical (unpaired) electrons. The van der Waals surface area contributed by atoms with Gasteiger partial charge in [-0.3, -0.25) is 4.98 Å². The van der Waals surface area contributed by atoms with Gasteiger partial charge in [0.05, 0.1) is 13.7 Å². The highest BCUT2D eigenvalue weighted by Gasteiger charge is 2.25. The minimum absolute atomic E-state index is 0.187. The van der Waals surface area contributed by atoms with E-state index in [9.17, 15) is 0 Å². The zero-order valence-electron chi connectivity index (χ0n) is 11.2. The van der Waals surface area contributed by atoms with E-state index in [0.717, 1.165) is 48.6 Å². The molecule has 2 unspecified atom stereocenters. The molecule has 0 N–H and O–H groups in total. The number of ether oxygens (including phenoxy) is 2. The molecule has 1 aliphatic rings. The molecule has 2 rings (SSSR count). The molecule has 1 aliphatic heterocycles. The summed E-state index contributed by atoms with van der Waals surface area (Å²) in [6.07, 6.45) is 3.65. The fourth-order valence-electron chi connectivity index (χ4n) is 2.48. The largest absolute Gasteiger partial charge is 0.496 e. The molecule has 18 heavy (non-hydrogen) atoms. The van der Waals surface area contributed by atoms with Crippen LogP contribution in [0.3, 0.4) is 0 Å². The lowest BCUT2D eigenvalue weighted by atomic mass is 9.94. The van der Waals surface area contributed by atoms with Crippen LogP contribution >= 0.6 is 11.6 Å². The summed E-state index contributed by atoms with van der Waals surface area (Å²) in [7, 11) is 1.70. The lowest BCUT2D eigenvalue weighted by Crippen LogP contribution is -2.30. The van der Waals surface area contributed by atoms with Gasteiger partial charge in [-0.05, 0) is 26.7 Å². The Balaban J connectivity index is 2.18. The van der Waals surface area contributed by atoms with Gasteiger partial charge >= 0.3 is 0 Å². The minimum atomic E-state index is 0.187. The predicted octanol–water partition coefficient (Wildman–Crippen LogP) is 2.89. The maximum absolute atomic E-state index is 6.35. The third kappa shape index (κ3) is 2.78. The first kappa shape index (κ1) is 13.6. The molecule has 2 heterocycles. The number of hydrogen-bond donors (Lipinski definition) is 0. The maximum Gasteiger partial charge on any atom is 0.128 e. The maximum atomic E-state index is 6.35. The fraction of sp³-hybridized carbons (Fsp3) is 0.643. The summed E-state index contributed by atoms with van der Waals surface area (Å²) in [6, 6.07) is 0. The van der Waals surface area contributed by atoms with Crippen molar-refractivity contribution in [2.45, 2.75) is 32.1 Å². The third-order valence-corrected chi connectivity index (χ3v) is 4.16. The molecule has 0 aromatic carbocycles. The van der Waals surface area contributed by atoms with E-state index in [4.69, 9.17) is 21.1 Å². The number of pyridine rings is 1. The summed E-state index contributed by atoms with van der Waals surface area (Å²) >= 11 is 6.35. The van der Waals surface area contributed by atoms with Gasteiger partial charge in [0.1, 0.15) is 5.75 Å². The van der Waals surface area contributed by atoms with Crippen LogP contribution in [0.4, 0.5) is 0 Å². The van der Waals surface area contributed by atoms with E-state index < -0.39 is 0 Å². The molecule has 1 fully saturated rings. The van der Waals surface area contributed by atoms with Crippen LogP contribution in [0.15, 0.2) is 6.20 Å². The summed E-state index contributed by atoms with van der Waals surface area (Å²) in [5.41, 5.74) is 3.26. The summed E-state index contributed by atoms with van der Waals surface area (Å²) in [5, 5.41) is 0.187. The van der Waals surface area contributed by atoms with Crippen molar-refractivity contribution in [1.29, 1.82) is 0 Å². The Morgan fingerprint density at radius 1 is 1.50 bits per heavy atom. The van der Waals surface area contributed by atoms with Crippen molar-refractivity contribution < 1.29 is 9.47 Å². The quantitative estimate of drug-likeness (QED) is 0.791. The second kappa shape index (κ2) is 5.89. The van der Waals surface area contributed by atoms with E-state index >= 15 is 0 Å². The number of rotatable bonds is 3. The fourth-order valence-corrected chi connectivity index (χ4v) is 2.73. The topological polar surface area (TPSA) is 31.4 Å². The van der Waals surface area contributed by atoms with Gasteiger partial charge in [0.15, 0.2) is 0 Å². The molecular formula is C14H20ClNO2. The van der Waals surface area contributed by atoms with Gasteiger partial charge in [-0.2, -0.15) is 0 Å². The molecule has 0 saturated carbocycles. The van der Waals surface area contributed by atoms with Crippen molar-refractivity contribution in [1.82, 2.24) is 4.98 Å². The Labute approximate surface area is 113 Å². The SMILES string of the molecule is COc1c(C)cnc(CC2COCCC2Cl)c1C. The third-order valence-electron chi connectivity index (χ3n) is 3.59. The first-order valence-corrected chi connectivity index (χ1v) is 6.78. The summed E-state index contributed by atoms with van der Waals surface area (Å²) in [5.74, 6) is 1.28. The average molecular weight is 270 g/mol. The summed E-state index contributed by atoms with van der Waals surface area (Å²) in [4.78, 5) is 4.52. The zero-order chi connectivity index (χ0) is 13.1. The predicted molar refractivity (Wildman–Crippen MR) is 72.5 cm³/mol. The molecule has 100 valence electrons. The van der Waals surface area contributed by atoms with Crippen molar-refractivity contribution in [3.05, 3.63) is 23.0 Å². The highest BCUT2D eigenvalue weighted by atomic mass is 35.5. The number of hydrogen-bond acceptors (Lipinski definition) is 3. The van der Waals surface area contributed by atoms with Gasteiger partial charge in [-0.1, -0.05) is 0 Å². The van der Waals surface area contributed by atoms with Crippen LogP contribution < -0.4 is 4.74 Å². The number of alkyl halides is 1. The smallest absolute Gasteiger partial charge is 0.128 e.